The zero-order chi connectivity index (χ0) is 14.5. The maximum absolute atomic E-state index is 12.9. The molecule has 0 amide bonds. The molecule has 0 saturated heterocycles. The molecule has 1 fully saturated rings. The highest BCUT2D eigenvalue weighted by Crippen LogP contribution is 2.34. The molecule has 1 N–H and O–H groups in total. The molecule has 3 aliphatic rings. The van der Waals surface area contributed by atoms with Gasteiger partial charge in [-0.25, -0.2) is 4.99 Å². The molecule has 7 heteroatoms. The van der Waals surface area contributed by atoms with Crippen LogP contribution in [0.25, 0.3) is 0 Å². The Kier molecular flexibility index (Phi) is 3.04. The normalized spacial score (nSPS) is 24.9. The van der Waals surface area contributed by atoms with Gasteiger partial charge in [-0.15, -0.1) is 0 Å². The van der Waals surface area contributed by atoms with Gasteiger partial charge in [-0.2, -0.15) is 18.2 Å². The molecular formula is C13H17F3N4. The number of halogens is 3. The molecule has 0 aromatic carbocycles. The molecule has 0 bridgehead atoms. The van der Waals surface area contributed by atoms with Gasteiger partial charge in [0.1, 0.15) is 17.7 Å². The van der Waals surface area contributed by atoms with Gasteiger partial charge in [0.15, 0.2) is 0 Å². The summed E-state index contributed by atoms with van der Waals surface area (Å²) in [4.78, 5) is 4.40. The average molecular weight is 286 g/mol. The van der Waals surface area contributed by atoms with E-state index in [0.29, 0.717) is 11.9 Å². The second-order valence-corrected chi connectivity index (χ2v) is 5.42. The number of amidine groups is 1. The minimum absolute atomic E-state index is 0.224. The summed E-state index contributed by atoms with van der Waals surface area (Å²) in [6.45, 7) is 3.20. The average Bonchev–Trinajstić information content (AvgIpc) is 3.04. The lowest BCUT2D eigenvalue weighted by Crippen LogP contribution is -2.50. The molecule has 0 spiro atoms. The third-order valence-electron chi connectivity index (χ3n) is 3.70. The summed E-state index contributed by atoms with van der Waals surface area (Å²) in [6, 6.07) is -1.07. The number of nitrogens with zero attached hydrogens (tertiary/aromatic N) is 3. The molecule has 2 heterocycles. The number of hydrazine groups is 1. The summed E-state index contributed by atoms with van der Waals surface area (Å²) in [7, 11) is 0. The van der Waals surface area contributed by atoms with Crippen molar-refractivity contribution in [3.8, 4) is 0 Å². The van der Waals surface area contributed by atoms with Crippen molar-refractivity contribution in [1.29, 1.82) is 0 Å². The minimum atomic E-state index is -4.25. The molecule has 1 saturated carbocycles. The lowest BCUT2D eigenvalue weighted by molar-refractivity contribution is -0.201. The van der Waals surface area contributed by atoms with Gasteiger partial charge in [-0.1, -0.05) is 0 Å². The van der Waals surface area contributed by atoms with Crippen LogP contribution >= 0.6 is 0 Å². The van der Waals surface area contributed by atoms with Crippen LogP contribution in [-0.4, -0.2) is 40.7 Å². The van der Waals surface area contributed by atoms with E-state index in [9.17, 15) is 13.2 Å². The third kappa shape index (κ3) is 2.42. The fourth-order valence-corrected chi connectivity index (χ4v) is 2.38. The highest BCUT2D eigenvalue weighted by Gasteiger charge is 2.45. The number of aliphatic imine (C=N–C) groups is 1. The Bertz CT molecular complexity index is 502. The van der Waals surface area contributed by atoms with Crippen molar-refractivity contribution in [2.45, 2.75) is 44.9 Å². The van der Waals surface area contributed by atoms with Crippen LogP contribution < -0.4 is 5.32 Å². The first kappa shape index (κ1) is 13.5. The number of fused-ring (bicyclic) bond motifs is 1. The van der Waals surface area contributed by atoms with E-state index in [2.05, 4.69) is 10.3 Å². The molecule has 110 valence electrons. The van der Waals surface area contributed by atoms with Gasteiger partial charge < -0.3 is 5.32 Å². The fourth-order valence-electron chi connectivity index (χ4n) is 2.38. The summed E-state index contributed by atoms with van der Waals surface area (Å²) >= 11 is 0. The Morgan fingerprint density at radius 3 is 2.70 bits per heavy atom. The molecule has 20 heavy (non-hydrogen) atoms. The molecule has 3 rings (SSSR count). The summed E-state index contributed by atoms with van der Waals surface area (Å²) in [5.74, 6) is 1.32. The lowest BCUT2D eigenvalue weighted by atomic mass is 10.3. The van der Waals surface area contributed by atoms with Crippen molar-refractivity contribution in [3.63, 3.8) is 0 Å². The number of nitrogens with one attached hydrogen (secondary N) is 1. The van der Waals surface area contributed by atoms with Crippen molar-refractivity contribution in [2.24, 2.45) is 4.99 Å². The van der Waals surface area contributed by atoms with Crippen LogP contribution in [0.15, 0.2) is 28.7 Å². The van der Waals surface area contributed by atoms with Crippen LogP contribution in [0.2, 0.25) is 0 Å². The molecule has 0 aromatic rings. The first-order valence-corrected chi connectivity index (χ1v) is 6.73. The number of hydrogen-bond acceptors (Lipinski definition) is 4. The number of alkyl halides is 3. The maximum atomic E-state index is 12.9. The summed E-state index contributed by atoms with van der Waals surface area (Å²) < 4.78 is 38.7. The van der Waals surface area contributed by atoms with Gasteiger partial charge in [0.2, 0.25) is 0 Å². The fraction of sp³-hybridized carbons (Fsp3) is 0.615. The Balaban J connectivity index is 1.78. The molecule has 1 atom stereocenters. The quantitative estimate of drug-likeness (QED) is 0.845. The van der Waals surface area contributed by atoms with Crippen molar-refractivity contribution >= 4 is 5.84 Å². The predicted molar refractivity (Wildman–Crippen MR) is 69.5 cm³/mol. The Morgan fingerprint density at radius 1 is 1.40 bits per heavy atom. The molecule has 2 aliphatic heterocycles. The zero-order valence-electron chi connectivity index (χ0n) is 11.4. The van der Waals surface area contributed by atoms with Crippen LogP contribution in [0.3, 0.4) is 0 Å². The van der Waals surface area contributed by atoms with Gasteiger partial charge in [-0.3, -0.25) is 5.01 Å². The second kappa shape index (κ2) is 4.51. The van der Waals surface area contributed by atoms with E-state index >= 15 is 0 Å². The van der Waals surface area contributed by atoms with E-state index < -0.39 is 12.2 Å². The molecule has 0 radical (unpaired) electrons. The Morgan fingerprint density at radius 2 is 2.10 bits per heavy atom. The molecule has 1 aliphatic carbocycles. The summed E-state index contributed by atoms with van der Waals surface area (Å²) in [5, 5.41) is 6.12. The number of rotatable bonds is 2. The van der Waals surface area contributed by atoms with Crippen molar-refractivity contribution in [2.75, 3.05) is 6.54 Å². The minimum Gasteiger partial charge on any atom is -0.367 e. The summed E-state index contributed by atoms with van der Waals surface area (Å²) in [6.07, 6.45) is 1.54. The van der Waals surface area contributed by atoms with E-state index in [0.717, 1.165) is 24.4 Å². The third-order valence-corrected chi connectivity index (χ3v) is 3.70. The standard InChI is InChI=1S/C13H17F3N4/c1-8-7-11(17-10-3-4-10)18-12-5-6-19(20(8)12)9(2)13(14,15)16/h5,7,9-10H,3-4,6H2,1-2H3,(H,17,18). The molecule has 1 unspecified atom stereocenters. The van der Waals surface area contributed by atoms with E-state index in [1.165, 1.54) is 11.9 Å². The highest BCUT2D eigenvalue weighted by molar-refractivity contribution is 5.95. The van der Waals surface area contributed by atoms with Crippen molar-refractivity contribution < 1.29 is 13.2 Å². The van der Waals surface area contributed by atoms with E-state index in [1.807, 2.05) is 0 Å². The Hall–Kier alpha value is -1.50. The molecule has 0 aromatic heterocycles. The first-order valence-electron chi connectivity index (χ1n) is 6.73. The highest BCUT2D eigenvalue weighted by atomic mass is 19.4. The van der Waals surface area contributed by atoms with E-state index in [4.69, 9.17) is 0 Å². The van der Waals surface area contributed by atoms with E-state index in [-0.39, 0.29) is 6.54 Å². The lowest BCUT2D eigenvalue weighted by Gasteiger charge is -2.37. The predicted octanol–water partition coefficient (Wildman–Crippen LogP) is 2.38. The van der Waals surface area contributed by atoms with Gasteiger partial charge in [0.25, 0.3) is 0 Å². The van der Waals surface area contributed by atoms with Crippen molar-refractivity contribution in [3.05, 3.63) is 23.7 Å². The van der Waals surface area contributed by atoms with Gasteiger partial charge in [0, 0.05) is 24.4 Å². The maximum Gasteiger partial charge on any atom is 0.405 e. The van der Waals surface area contributed by atoms with Crippen LogP contribution in [-0.2, 0) is 0 Å². The Labute approximate surface area is 115 Å². The molecular weight excluding hydrogens is 269 g/mol. The van der Waals surface area contributed by atoms with E-state index in [1.54, 1.807) is 24.1 Å². The van der Waals surface area contributed by atoms with Crippen LogP contribution in [0.5, 0.6) is 0 Å². The molecule has 4 nitrogen and oxygen atoms in total. The van der Waals surface area contributed by atoms with Crippen LogP contribution in [0.1, 0.15) is 26.7 Å². The largest absolute Gasteiger partial charge is 0.405 e. The van der Waals surface area contributed by atoms with Gasteiger partial charge in [-0.05, 0) is 32.8 Å². The number of allylic oxidation sites excluding steroid dienone is 1. The van der Waals surface area contributed by atoms with Crippen LogP contribution in [0.4, 0.5) is 13.2 Å². The topological polar surface area (TPSA) is 30.9 Å². The van der Waals surface area contributed by atoms with Gasteiger partial charge >= 0.3 is 6.18 Å². The second-order valence-electron chi connectivity index (χ2n) is 5.42. The first-order chi connectivity index (χ1) is 9.36. The smallest absolute Gasteiger partial charge is 0.367 e. The van der Waals surface area contributed by atoms with Crippen molar-refractivity contribution in [1.82, 2.24) is 15.3 Å². The van der Waals surface area contributed by atoms with Gasteiger partial charge in [0.05, 0.1) is 0 Å². The van der Waals surface area contributed by atoms with Crippen LogP contribution in [0, 0.1) is 0 Å². The SMILES string of the molecule is CC1=CC(NC2CC2)=NC2=CCN(C(C)C(F)(F)F)N12. The zero-order valence-corrected chi connectivity index (χ0v) is 11.4. The number of hydrogen-bond donors (Lipinski definition) is 1. The monoisotopic (exact) mass is 286 g/mol. The summed E-state index contributed by atoms with van der Waals surface area (Å²) in [5.41, 5.74) is 0.753.